The average molecular weight is 280 g/mol. The quantitative estimate of drug-likeness (QED) is 0.770. The molecule has 1 atom stereocenters. The molecule has 0 aliphatic carbocycles. The number of ether oxygens (including phenoxy) is 1. The number of carbonyl (C=O) groups is 2. The summed E-state index contributed by atoms with van der Waals surface area (Å²) in [5.74, 6) is 0.0988. The first kappa shape index (κ1) is 14.6. The zero-order valence-corrected chi connectivity index (χ0v) is 11.9. The number of furan rings is 1. The molecule has 6 nitrogen and oxygen atoms in total. The Balaban J connectivity index is 1.86. The number of methoxy groups -OCH3 is 1. The molecule has 0 aromatic carbocycles. The summed E-state index contributed by atoms with van der Waals surface area (Å²) in [6, 6.07) is 3.49. The zero-order valence-electron chi connectivity index (χ0n) is 11.9. The van der Waals surface area contributed by atoms with Crippen molar-refractivity contribution in [3.8, 4) is 0 Å². The highest BCUT2D eigenvalue weighted by atomic mass is 16.5. The van der Waals surface area contributed by atoms with E-state index in [0.29, 0.717) is 25.3 Å². The van der Waals surface area contributed by atoms with Crippen LogP contribution in [0, 0.1) is 0 Å². The van der Waals surface area contributed by atoms with Crippen LogP contribution in [-0.4, -0.2) is 61.0 Å². The summed E-state index contributed by atoms with van der Waals surface area (Å²) in [6.07, 6.45) is 1.89. The molecule has 0 spiro atoms. The van der Waals surface area contributed by atoms with E-state index in [1.54, 1.807) is 12.1 Å². The molecular formula is C14H20N2O4. The molecule has 2 heterocycles. The minimum Gasteiger partial charge on any atom is -0.469 e. The van der Waals surface area contributed by atoms with Crippen molar-refractivity contribution in [2.24, 2.45) is 0 Å². The van der Waals surface area contributed by atoms with Gasteiger partial charge in [0.15, 0.2) is 5.76 Å². The highest BCUT2D eigenvalue weighted by Crippen LogP contribution is 2.14. The van der Waals surface area contributed by atoms with Crippen LogP contribution in [0.3, 0.4) is 0 Å². The van der Waals surface area contributed by atoms with E-state index in [2.05, 4.69) is 9.64 Å². The van der Waals surface area contributed by atoms with E-state index in [9.17, 15) is 9.59 Å². The zero-order chi connectivity index (χ0) is 14.5. The summed E-state index contributed by atoms with van der Waals surface area (Å²) >= 11 is 0. The number of esters is 1. The summed E-state index contributed by atoms with van der Waals surface area (Å²) < 4.78 is 9.79. The van der Waals surface area contributed by atoms with Gasteiger partial charge in [0.05, 0.1) is 19.8 Å². The molecule has 1 aromatic rings. The molecule has 1 unspecified atom stereocenters. The van der Waals surface area contributed by atoms with Gasteiger partial charge in [0, 0.05) is 32.2 Å². The number of carbonyl (C=O) groups excluding carboxylic acids is 2. The first-order valence-corrected chi connectivity index (χ1v) is 6.75. The molecule has 1 aliphatic heterocycles. The number of hydrogen-bond donors (Lipinski definition) is 0. The van der Waals surface area contributed by atoms with Crippen molar-refractivity contribution in [1.82, 2.24) is 9.80 Å². The third-order valence-corrected chi connectivity index (χ3v) is 3.56. The van der Waals surface area contributed by atoms with Crippen molar-refractivity contribution in [1.29, 1.82) is 0 Å². The van der Waals surface area contributed by atoms with Crippen LogP contribution in [0.2, 0.25) is 0 Å². The maximum Gasteiger partial charge on any atom is 0.306 e. The van der Waals surface area contributed by atoms with E-state index in [1.165, 1.54) is 13.4 Å². The van der Waals surface area contributed by atoms with Crippen LogP contribution in [0.5, 0.6) is 0 Å². The predicted molar refractivity (Wildman–Crippen MR) is 72.3 cm³/mol. The van der Waals surface area contributed by atoms with Crippen LogP contribution in [0.4, 0.5) is 0 Å². The second-order valence-corrected chi connectivity index (χ2v) is 4.95. The van der Waals surface area contributed by atoms with Gasteiger partial charge < -0.3 is 14.1 Å². The Morgan fingerprint density at radius 1 is 1.45 bits per heavy atom. The van der Waals surface area contributed by atoms with Gasteiger partial charge in [0.25, 0.3) is 5.91 Å². The number of nitrogens with zero attached hydrogens (tertiary/aromatic N) is 2. The highest BCUT2D eigenvalue weighted by Gasteiger charge is 2.29. The van der Waals surface area contributed by atoms with Crippen LogP contribution in [-0.2, 0) is 9.53 Å². The van der Waals surface area contributed by atoms with Gasteiger partial charge in [-0.25, -0.2) is 0 Å². The Kier molecular flexibility index (Phi) is 4.79. The monoisotopic (exact) mass is 280 g/mol. The average Bonchev–Trinajstić information content (AvgIpc) is 2.98. The van der Waals surface area contributed by atoms with E-state index >= 15 is 0 Å². The predicted octanol–water partition coefficient (Wildman–Crippen LogP) is 0.989. The van der Waals surface area contributed by atoms with Crippen LogP contribution in [0.25, 0.3) is 0 Å². The fourth-order valence-corrected chi connectivity index (χ4v) is 2.43. The van der Waals surface area contributed by atoms with Gasteiger partial charge in [-0.2, -0.15) is 0 Å². The number of hydrogen-bond acceptors (Lipinski definition) is 5. The summed E-state index contributed by atoms with van der Waals surface area (Å²) in [4.78, 5) is 27.4. The van der Waals surface area contributed by atoms with Gasteiger partial charge in [-0.3, -0.25) is 14.5 Å². The molecule has 2 rings (SSSR count). The summed E-state index contributed by atoms with van der Waals surface area (Å²) in [5.41, 5.74) is 0. The Hall–Kier alpha value is -1.82. The maximum atomic E-state index is 12.2. The fourth-order valence-electron chi connectivity index (χ4n) is 2.43. The number of amides is 1. The normalized spacial score (nSPS) is 19.9. The van der Waals surface area contributed by atoms with Gasteiger partial charge in [0.2, 0.25) is 0 Å². The Morgan fingerprint density at radius 2 is 2.25 bits per heavy atom. The van der Waals surface area contributed by atoms with Gasteiger partial charge in [-0.15, -0.1) is 0 Å². The minimum atomic E-state index is -0.202. The molecule has 0 bridgehead atoms. The van der Waals surface area contributed by atoms with Crippen molar-refractivity contribution < 1.29 is 18.7 Å². The fraction of sp³-hybridized carbons (Fsp3) is 0.571. The lowest BCUT2D eigenvalue weighted by Crippen LogP contribution is -2.54. The van der Waals surface area contributed by atoms with Gasteiger partial charge >= 0.3 is 5.97 Å². The third-order valence-electron chi connectivity index (χ3n) is 3.56. The first-order chi connectivity index (χ1) is 9.61. The van der Waals surface area contributed by atoms with E-state index in [-0.39, 0.29) is 17.9 Å². The molecular weight excluding hydrogens is 260 g/mol. The molecule has 6 heteroatoms. The lowest BCUT2D eigenvalue weighted by atomic mass is 10.1. The lowest BCUT2D eigenvalue weighted by molar-refractivity contribution is -0.141. The largest absolute Gasteiger partial charge is 0.469 e. The standard InChI is InChI=1S/C14H20N2O4/c1-11-10-15(6-5-13(17)19-2)7-8-16(11)14(18)12-4-3-9-20-12/h3-4,9,11H,5-8,10H2,1-2H3. The molecule has 1 aliphatic rings. The Morgan fingerprint density at radius 3 is 2.85 bits per heavy atom. The third kappa shape index (κ3) is 3.39. The molecule has 1 saturated heterocycles. The molecule has 1 fully saturated rings. The van der Waals surface area contributed by atoms with E-state index < -0.39 is 0 Å². The maximum absolute atomic E-state index is 12.2. The molecule has 0 saturated carbocycles. The summed E-state index contributed by atoms with van der Waals surface area (Å²) in [6.45, 7) is 4.82. The second kappa shape index (κ2) is 6.56. The topological polar surface area (TPSA) is 63.0 Å². The van der Waals surface area contributed by atoms with Gasteiger partial charge in [-0.1, -0.05) is 0 Å². The Bertz CT molecular complexity index is 458. The molecule has 0 radical (unpaired) electrons. The van der Waals surface area contributed by atoms with E-state index in [0.717, 1.165) is 13.1 Å². The number of piperazine rings is 1. The molecule has 1 aromatic heterocycles. The van der Waals surface area contributed by atoms with Crippen LogP contribution in [0.1, 0.15) is 23.9 Å². The SMILES string of the molecule is COC(=O)CCN1CCN(C(=O)c2ccco2)C(C)C1. The molecule has 0 N–H and O–H groups in total. The van der Waals surface area contributed by atoms with Crippen LogP contribution >= 0.6 is 0 Å². The van der Waals surface area contributed by atoms with Gasteiger partial charge in [-0.05, 0) is 19.1 Å². The minimum absolute atomic E-state index is 0.0740. The summed E-state index contributed by atoms with van der Waals surface area (Å²) in [7, 11) is 1.39. The van der Waals surface area contributed by atoms with Crippen LogP contribution in [0.15, 0.2) is 22.8 Å². The van der Waals surface area contributed by atoms with Crippen molar-refractivity contribution in [2.45, 2.75) is 19.4 Å². The molecule has 20 heavy (non-hydrogen) atoms. The summed E-state index contributed by atoms with van der Waals surface area (Å²) in [5, 5.41) is 0. The highest BCUT2D eigenvalue weighted by molar-refractivity contribution is 5.91. The van der Waals surface area contributed by atoms with Crippen molar-refractivity contribution >= 4 is 11.9 Å². The number of rotatable bonds is 4. The van der Waals surface area contributed by atoms with Crippen molar-refractivity contribution in [3.63, 3.8) is 0 Å². The van der Waals surface area contributed by atoms with E-state index in [4.69, 9.17) is 4.42 Å². The lowest BCUT2D eigenvalue weighted by Gasteiger charge is -2.39. The smallest absolute Gasteiger partial charge is 0.306 e. The Labute approximate surface area is 118 Å². The second-order valence-electron chi connectivity index (χ2n) is 4.95. The van der Waals surface area contributed by atoms with Crippen molar-refractivity contribution in [3.05, 3.63) is 24.2 Å². The molecule has 110 valence electrons. The van der Waals surface area contributed by atoms with Crippen molar-refractivity contribution in [2.75, 3.05) is 33.3 Å². The van der Waals surface area contributed by atoms with E-state index in [1.807, 2.05) is 11.8 Å². The van der Waals surface area contributed by atoms with Crippen LogP contribution < -0.4 is 0 Å². The first-order valence-electron chi connectivity index (χ1n) is 6.75. The van der Waals surface area contributed by atoms with Gasteiger partial charge in [0.1, 0.15) is 0 Å². The molecule has 1 amide bonds.